The van der Waals surface area contributed by atoms with Crippen molar-refractivity contribution in [3.05, 3.63) is 40.4 Å². The summed E-state index contributed by atoms with van der Waals surface area (Å²) in [5.41, 5.74) is 1.54. The van der Waals surface area contributed by atoms with Crippen LogP contribution in [0.3, 0.4) is 0 Å². The number of nitrogens with one attached hydrogen (secondary N) is 2. The van der Waals surface area contributed by atoms with Crippen LogP contribution >= 0.6 is 23.6 Å². The molecule has 0 bridgehead atoms. The number of aryl methyl sites for hydroxylation is 1. The second-order valence-electron chi connectivity index (χ2n) is 4.48. The Hall–Kier alpha value is -1.99. The van der Waals surface area contributed by atoms with Crippen LogP contribution in [-0.2, 0) is 11.2 Å². The molecule has 0 aliphatic rings. The molecule has 0 aliphatic carbocycles. The fourth-order valence-electron chi connectivity index (χ4n) is 2.10. The molecule has 0 aromatic carbocycles. The lowest BCUT2D eigenvalue weighted by Crippen LogP contribution is -2.20. The van der Waals surface area contributed by atoms with Gasteiger partial charge in [0.25, 0.3) is 0 Å². The number of pyridine rings is 1. The van der Waals surface area contributed by atoms with Gasteiger partial charge < -0.3 is 15.4 Å². The van der Waals surface area contributed by atoms with Gasteiger partial charge in [0.05, 0.1) is 12.7 Å². The molecule has 0 saturated heterocycles. The average molecular weight is 335 g/mol. The van der Waals surface area contributed by atoms with Gasteiger partial charge in [0.15, 0.2) is 5.11 Å². The minimum Gasteiger partial charge on any atom is -0.465 e. The van der Waals surface area contributed by atoms with Crippen LogP contribution < -0.4 is 10.6 Å². The quantitative estimate of drug-likeness (QED) is 0.657. The Morgan fingerprint density at radius 2 is 2.18 bits per heavy atom. The highest BCUT2D eigenvalue weighted by atomic mass is 32.1. The van der Waals surface area contributed by atoms with Crippen LogP contribution in [0, 0.1) is 6.92 Å². The van der Waals surface area contributed by atoms with E-state index in [1.807, 2.05) is 32.0 Å². The summed E-state index contributed by atoms with van der Waals surface area (Å²) >= 11 is 6.77. The Kier molecular flexibility index (Phi) is 5.46. The molecule has 2 rings (SSSR count). The molecule has 0 amide bonds. The standard InChI is InChI=1S/C15H17N3O2S2/c1-4-10-9(2)22-13(12(10)14(19)20-3)18-15(21)17-11-7-5-6-8-16-11/h5-8H,4H2,1-3H3,(H2,16,17,18,21). The van der Waals surface area contributed by atoms with Gasteiger partial charge in [-0.2, -0.15) is 0 Å². The first-order chi connectivity index (χ1) is 10.6. The lowest BCUT2D eigenvalue weighted by molar-refractivity contribution is 0.0601. The smallest absolute Gasteiger partial charge is 0.341 e. The van der Waals surface area contributed by atoms with Crippen LogP contribution in [-0.4, -0.2) is 23.2 Å². The molecule has 7 heteroatoms. The number of hydrogen-bond acceptors (Lipinski definition) is 5. The number of methoxy groups -OCH3 is 1. The summed E-state index contributed by atoms with van der Waals surface area (Å²) < 4.78 is 4.88. The highest BCUT2D eigenvalue weighted by Crippen LogP contribution is 2.34. The molecule has 0 spiro atoms. The van der Waals surface area contributed by atoms with Crippen molar-refractivity contribution >= 4 is 45.5 Å². The minimum absolute atomic E-state index is 0.357. The molecule has 0 fully saturated rings. The van der Waals surface area contributed by atoms with Gasteiger partial charge in [-0.15, -0.1) is 11.3 Å². The van der Waals surface area contributed by atoms with E-state index in [0.29, 0.717) is 21.5 Å². The molecule has 0 radical (unpaired) electrons. The largest absolute Gasteiger partial charge is 0.465 e. The number of esters is 1. The third-order valence-corrected chi connectivity index (χ3v) is 4.35. The molecule has 0 saturated carbocycles. The van der Waals surface area contributed by atoms with E-state index in [-0.39, 0.29) is 5.97 Å². The zero-order valence-corrected chi connectivity index (χ0v) is 14.2. The molecular formula is C15H17N3O2S2. The van der Waals surface area contributed by atoms with Crippen molar-refractivity contribution in [2.24, 2.45) is 0 Å². The summed E-state index contributed by atoms with van der Waals surface area (Å²) in [6.45, 7) is 3.99. The lowest BCUT2D eigenvalue weighted by Gasteiger charge is -2.10. The summed E-state index contributed by atoms with van der Waals surface area (Å²) in [5, 5.41) is 7.12. The molecule has 116 valence electrons. The Labute approximate surface area is 138 Å². The number of carbonyl (C=O) groups is 1. The molecule has 0 unspecified atom stereocenters. The summed E-state index contributed by atoms with van der Waals surface area (Å²) in [4.78, 5) is 17.3. The van der Waals surface area contributed by atoms with Gasteiger partial charge in [0.1, 0.15) is 10.8 Å². The highest BCUT2D eigenvalue weighted by Gasteiger charge is 2.22. The topological polar surface area (TPSA) is 63.2 Å². The molecule has 2 N–H and O–H groups in total. The van der Waals surface area contributed by atoms with Gasteiger partial charge in [0, 0.05) is 11.1 Å². The first-order valence-electron chi connectivity index (χ1n) is 6.76. The van der Waals surface area contributed by atoms with Gasteiger partial charge in [-0.1, -0.05) is 13.0 Å². The van der Waals surface area contributed by atoms with Gasteiger partial charge in [0.2, 0.25) is 0 Å². The Bertz CT molecular complexity index is 684. The fraction of sp³-hybridized carbons (Fsp3) is 0.267. The third-order valence-electron chi connectivity index (χ3n) is 3.09. The second kappa shape index (κ2) is 7.33. The first-order valence-corrected chi connectivity index (χ1v) is 7.98. The van der Waals surface area contributed by atoms with E-state index in [1.165, 1.54) is 18.4 Å². The molecule has 22 heavy (non-hydrogen) atoms. The maximum atomic E-state index is 12.0. The molecular weight excluding hydrogens is 318 g/mol. The number of rotatable bonds is 4. The predicted octanol–water partition coefficient (Wildman–Crippen LogP) is 3.61. The normalized spacial score (nSPS) is 10.1. The van der Waals surface area contributed by atoms with Crippen LogP contribution in [0.25, 0.3) is 0 Å². The number of thiocarbonyl (C=S) groups is 1. The van der Waals surface area contributed by atoms with Gasteiger partial charge in [-0.05, 0) is 43.3 Å². The van der Waals surface area contributed by atoms with Gasteiger partial charge in [-0.25, -0.2) is 9.78 Å². The molecule has 5 nitrogen and oxygen atoms in total. The minimum atomic E-state index is -0.357. The summed E-state index contributed by atoms with van der Waals surface area (Å²) in [6.07, 6.45) is 2.43. The van der Waals surface area contributed by atoms with Crippen molar-refractivity contribution in [2.75, 3.05) is 17.7 Å². The number of ether oxygens (including phenoxy) is 1. The second-order valence-corrected chi connectivity index (χ2v) is 6.11. The van der Waals surface area contributed by atoms with Crippen molar-refractivity contribution in [2.45, 2.75) is 20.3 Å². The SMILES string of the molecule is CCc1c(C)sc(NC(=S)Nc2ccccn2)c1C(=O)OC. The van der Waals surface area contributed by atoms with E-state index in [1.54, 1.807) is 6.20 Å². The van der Waals surface area contributed by atoms with E-state index in [4.69, 9.17) is 17.0 Å². The molecule has 2 heterocycles. The van der Waals surface area contributed by atoms with Gasteiger partial charge >= 0.3 is 5.97 Å². The van der Waals surface area contributed by atoms with Crippen molar-refractivity contribution in [1.82, 2.24) is 4.98 Å². The van der Waals surface area contributed by atoms with Crippen molar-refractivity contribution in [1.29, 1.82) is 0 Å². The number of hydrogen-bond donors (Lipinski definition) is 2. The molecule has 0 aliphatic heterocycles. The zero-order chi connectivity index (χ0) is 16.1. The number of carbonyl (C=O) groups excluding carboxylic acids is 1. The third kappa shape index (κ3) is 3.61. The van der Waals surface area contributed by atoms with Crippen LogP contribution in [0.5, 0.6) is 0 Å². The summed E-state index contributed by atoms with van der Waals surface area (Å²) in [7, 11) is 1.38. The Morgan fingerprint density at radius 1 is 1.41 bits per heavy atom. The first kappa shape index (κ1) is 16.4. The monoisotopic (exact) mass is 335 g/mol. The van der Waals surface area contributed by atoms with E-state index in [9.17, 15) is 4.79 Å². The molecule has 0 atom stereocenters. The predicted molar refractivity (Wildman–Crippen MR) is 93.9 cm³/mol. The lowest BCUT2D eigenvalue weighted by atomic mass is 10.1. The van der Waals surface area contributed by atoms with Crippen LogP contribution in [0.4, 0.5) is 10.8 Å². The van der Waals surface area contributed by atoms with Crippen LogP contribution in [0.2, 0.25) is 0 Å². The van der Waals surface area contributed by atoms with Crippen molar-refractivity contribution < 1.29 is 9.53 Å². The maximum Gasteiger partial charge on any atom is 0.341 e. The number of aromatic nitrogens is 1. The van der Waals surface area contributed by atoms with E-state index in [0.717, 1.165) is 16.9 Å². The molecule has 2 aromatic heterocycles. The highest BCUT2D eigenvalue weighted by molar-refractivity contribution is 7.80. The molecule has 2 aromatic rings. The summed E-state index contributed by atoms with van der Waals surface area (Å²) in [6, 6.07) is 5.50. The van der Waals surface area contributed by atoms with Crippen LogP contribution in [0.1, 0.15) is 27.7 Å². The van der Waals surface area contributed by atoms with Crippen molar-refractivity contribution in [3.8, 4) is 0 Å². The average Bonchev–Trinajstić information content (AvgIpc) is 2.82. The maximum absolute atomic E-state index is 12.0. The van der Waals surface area contributed by atoms with Crippen molar-refractivity contribution in [3.63, 3.8) is 0 Å². The summed E-state index contributed by atoms with van der Waals surface area (Å²) in [5.74, 6) is 0.285. The zero-order valence-electron chi connectivity index (χ0n) is 12.6. The number of thiophene rings is 1. The van der Waals surface area contributed by atoms with Gasteiger partial charge in [-0.3, -0.25) is 0 Å². The number of nitrogens with zero attached hydrogens (tertiary/aromatic N) is 1. The number of anilines is 2. The van der Waals surface area contributed by atoms with E-state index in [2.05, 4.69) is 15.6 Å². The van der Waals surface area contributed by atoms with Crippen LogP contribution in [0.15, 0.2) is 24.4 Å². The van der Waals surface area contributed by atoms with E-state index < -0.39 is 0 Å². The Morgan fingerprint density at radius 3 is 2.77 bits per heavy atom. The Balaban J connectivity index is 2.22. The fourth-order valence-corrected chi connectivity index (χ4v) is 3.51. The van der Waals surface area contributed by atoms with E-state index >= 15 is 0 Å².